The minimum atomic E-state index is -0.830. The molecule has 140 valence electrons. The maximum atomic E-state index is 13.2. The molecule has 1 heterocycles. The molecule has 2 aliphatic rings. The summed E-state index contributed by atoms with van der Waals surface area (Å²) in [6, 6.07) is 13.1. The van der Waals surface area contributed by atoms with Crippen LogP contribution in [0.25, 0.3) is 5.70 Å². The molecule has 2 aromatic carbocycles. The van der Waals surface area contributed by atoms with Gasteiger partial charge in [-0.2, -0.15) is 0 Å². The van der Waals surface area contributed by atoms with Crippen LogP contribution in [0.4, 0.5) is 5.69 Å². The molecule has 0 aromatic heterocycles. The lowest BCUT2D eigenvalue weighted by atomic mass is 9.75. The number of methoxy groups -OCH3 is 1. The second-order valence-corrected chi connectivity index (χ2v) is 6.72. The lowest BCUT2D eigenvalue weighted by molar-refractivity contribution is -0.384. The number of nitro benzene ring substituents is 1. The highest BCUT2D eigenvalue weighted by molar-refractivity contribution is 6.24. The number of aliphatic imine (C=N–C) groups is 1. The molecule has 0 amide bonds. The zero-order valence-corrected chi connectivity index (χ0v) is 15.2. The molecule has 0 N–H and O–H groups in total. The number of esters is 1. The highest BCUT2D eigenvalue weighted by atomic mass is 16.6. The molecule has 7 heteroatoms. The SMILES string of the molecule is COC(=O)C1C(C)=NC2=C(C(=O)c3ccccc32)[C@H]1c1cccc([N+](=O)[O-])c1. The first-order valence-electron chi connectivity index (χ1n) is 8.69. The van der Waals surface area contributed by atoms with Crippen molar-refractivity contribution in [2.75, 3.05) is 7.11 Å². The number of non-ortho nitro benzene ring substituents is 1. The number of rotatable bonds is 3. The van der Waals surface area contributed by atoms with Gasteiger partial charge in [0.05, 0.1) is 17.7 Å². The van der Waals surface area contributed by atoms with Gasteiger partial charge in [-0.1, -0.05) is 36.4 Å². The van der Waals surface area contributed by atoms with Crippen molar-refractivity contribution >= 4 is 28.8 Å². The van der Waals surface area contributed by atoms with Crippen LogP contribution in [0.3, 0.4) is 0 Å². The highest BCUT2D eigenvalue weighted by Gasteiger charge is 2.46. The molecule has 0 spiro atoms. The van der Waals surface area contributed by atoms with E-state index in [4.69, 9.17) is 4.74 Å². The Bertz CT molecular complexity index is 1100. The number of hydrogen-bond acceptors (Lipinski definition) is 6. The van der Waals surface area contributed by atoms with E-state index in [1.807, 2.05) is 12.1 Å². The van der Waals surface area contributed by atoms with Crippen molar-refractivity contribution in [1.29, 1.82) is 0 Å². The van der Waals surface area contributed by atoms with Crippen molar-refractivity contribution in [2.24, 2.45) is 10.9 Å². The Hall–Kier alpha value is -3.61. The lowest BCUT2D eigenvalue weighted by Gasteiger charge is -2.30. The van der Waals surface area contributed by atoms with Gasteiger partial charge in [-0.05, 0) is 12.5 Å². The number of nitro groups is 1. The zero-order chi connectivity index (χ0) is 20.0. The van der Waals surface area contributed by atoms with E-state index in [1.165, 1.54) is 19.2 Å². The summed E-state index contributed by atoms with van der Waals surface area (Å²) in [5.41, 5.74) is 3.04. The molecule has 2 atom stereocenters. The molecule has 1 aliphatic heterocycles. The first kappa shape index (κ1) is 17.8. The van der Waals surface area contributed by atoms with Gasteiger partial charge in [0.1, 0.15) is 5.92 Å². The maximum Gasteiger partial charge on any atom is 0.315 e. The third-order valence-electron chi connectivity index (χ3n) is 5.20. The third-order valence-corrected chi connectivity index (χ3v) is 5.20. The van der Waals surface area contributed by atoms with Crippen LogP contribution in [0.5, 0.6) is 0 Å². The summed E-state index contributed by atoms with van der Waals surface area (Å²) in [6.45, 7) is 1.71. The summed E-state index contributed by atoms with van der Waals surface area (Å²) in [4.78, 5) is 41.1. The molecule has 1 unspecified atom stereocenters. The van der Waals surface area contributed by atoms with E-state index in [0.29, 0.717) is 33.7 Å². The van der Waals surface area contributed by atoms with Crippen molar-refractivity contribution in [3.8, 4) is 0 Å². The minimum Gasteiger partial charge on any atom is -0.468 e. The second kappa shape index (κ2) is 6.53. The molecular weight excluding hydrogens is 360 g/mol. The number of Topliss-reactive ketones (excluding diaryl/α,β-unsaturated/α-hetero) is 1. The summed E-state index contributed by atoms with van der Waals surface area (Å²) >= 11 is 0. The molecule has 7 nitrogen and oxygen atoms in total. The quantitative estimate of drug-likeness (QED) is 0.463. The largest absolute Gasteiger partial charge is 0.468 e. The van der Waals surface area contributed by atoms with Crippen molar-refractivity contribution in [3.05, 3.63) is 80.9 Å². The van der Waals surface area contributed by atoms with Crippen LogP contribution in [0, 0.1) is 16.0 Å². The number of benzene rings is 2. The molecule has 2 aromatic rings. The average Bonchev–Trinajstić information content (AvgIpc) is 2.98. The van der Waals surface area contributed by atoms with Gasteiger partial charge in [-0.3, -0.25) is 24.7 Å². The normalized spacial score (nSPS) is 20.4. The molecule has 0 radical (unpaired) electrons. The van der Waals surface area contributed by atoms with E-state index in [0.717, 1.165) is 0 Å². The number of carbonyl (C=O) groups is 2. The number of fused-ring (bicyclic) bond motifs is 2. The van der Waals surface area contributed by atoms with Crippen molar-refractivity contribution < 1.29 is 19.2 Å². The van der Waals surface area contributed by atoms with Crippen molar-refractivity contribution in [3.63, 3.8) is 0 Å². The number of nitrogens with zero attached hydrogens (tertiary/aromatic N) is 2. The van der Waals surface area contributed by atoms with Crippen LogP contribution in [0.15, 0.2) is 59.1 Å². The highest BCUT2D eigenvalue weighted by Crippen LogP contribution is 2.48. The number of ether oxygens (including phenoxy) is 1. The van der Waals surface area contributed by atoms with Crippen LogP contribution in [0.2, 0.25) is 0 Å². The molecule has 0 bridgehead atoms. The summed E-state index contributed by atoms with van der Waals surface area (Å²) in [7, 11) is 1.27. The topological polar surface area (TPSA) is 98.9 Å². The van der Waals surface area contributed by atoms with Gasteiger partial charge < -0.3 is 4.74 Å². The minimum absolute atomic E-state index is 0.105. The number of hydrogen-bond donors (Lipinski definition) is 0. The Morgan fingerprint density at radius 2 is 1.86 bits per heavy atom. The Labute approximate surface area is 160 Å². The first-order chi connectivity index (χ1) is 13.4. The number of allylic oxidation sites excluding steroid dienone is 1. The predicted octanol–water partition coefficient (Wildman–Crippen LogP) is 3.55. The van der Waals surface area contributed by atoms with Crippen LogP contribution in [0.1, 0.15) is 34.3 Å². The molecule has 0 saturated carbocycles. The van der Waals surface area contributed by atoms with Crippen LogP contribution in [-0.2, 0) is 9.53 Å². The van der Waals surface area contributed by atoms with Gasteiger partial charge in [0.15, 0.2) is 5.78 Å². The fourth-order valence-electron chi connectivity index (χ4n) is 3.97. The second-order valence-electron chi connectivity index (χ2n) is 6.72. The lowest BCUT2D eigenvalue weighted by Crippen LogP contribution is -2.34. The first-order valence-corrected chi connectivity index (χ1v) is 8.69. The number of ketones is 1. The van der Waals surface area contributed by atoms with Gasteiger partial charge in [0, 0.05) is 40.5 Å². The summed E-state index contributed by atoms with van der Waals surface area (Å²) in [5, 5.41) is 11.3. The molecule has 28 heavy (non-hydrogen) atoms. The molecule has 4 rings (SSSR count). The Kier molecular flexibility index (Phi) is 4.15. The Balaban J connectivity index is 1.96. The fraction of sp³-hybridized carbons (Fsp3) is 0.190. The van der Waals surface area contributed by atoms with Crippen LogP contribution < -0.4 is 0 Å². The van der Waals surface area contributed by atoms with Gasteiger partial charge in [0.25, 0.3) is 5.69 Å². The van der Waals surface area contributed by atoms with E-state index in [-0.39, 0.29) is 11.5 Å². The van der Waals surface area contributed by atoms with Gasteiger partial charge in [-0.15, -0.1) is 0 Å². The Morgan fingerprint density at radius 1 is 1.14 bits per heavy atom. The van der Waals surface area contributed by atoms with E-state index in [9.17, 15) is 19.7 Å². The van der Waals surface area contributed by atoms with E-state index < -0.39 is 22.7 Å². The zero-order valence-electron chi connectivity index (χ0n) is 15.2. The van der Waals surface area contributed by atoms with E-state index in [2.05, 4.69) is 4.99 Å². The standard InChI is InChI=1S/C21H16N2O5/c1-11-16(21(25)28-2)17(12-6-5-7-13(10-12)23(26)27)18-19(22-11)14-8-3-4-9-15(14)20(18)24/h3-10,16-17H,1-2H3/t16?,17-/m0/s1. The average molecular weight is 376 g/mol. The molecule has 1 aliphatic carbocycles. The van der Waals surface area contributed by atoms with Crippen molar-refractivity contribution in [1.82, 2.24) is 0 Å². The summed E-state index contributed by atoms with van der Waals surface area (Å²) < 4.78 is 4.96. The van der Waals surface area contributed by atoms with E-state index >= 15 is 0 Å². The molecule has 0 saturated heterocycles. The van der Waals surface area contributed by atoms with Gasteiger partial charge in [0.2, 0.25) is 0 Å². The molecule has 0 fully saturated rings. The Morgan fingerprint density at radius 3 is 2.54 bits per heavy atom. The summed E-state index contributed by atoms with van der Waals surface area (Å²) in [5.74, 6) is -2.29. The monoisotopic (exact) mass is 376 g/mol. The predicted molar refractivity (Wildman–Crippen MR) is 102 cm³/mol. The maximum absolute atomic E-state index is 13.2. The van der Waals surface area contributed by atoms with Crippen LogP contribution in [-0.4, -0.2) is 29.5 Å². The van der Waals surface area contributed by atoms with Gasteiger partial charge in [-0.25, -0.2) is 0 Å². The van der Waals surface area contributed by atoms with Crippen LogP contribution >= 0.6 is 0 Å². The third kappa shape index (κ3) is 2.55. The van der Waals surface area contributed by atoms with Crippen molar-refractivity contribution in [2.45, 2.75) is 12.8 Å². The number of carbonyl (C=O) groups excluding carboxylic acids is 2. The fourth-order valence-corrected chi connectivity index (χ4v) is 3.97. The van der Waals surface area contributed by atoms with Gasteiger partial charge >= 0.3 is 5.97 Å². The smallest absolute Gasteiger partial charge is 0.315 e. The summed E-state index contributed by atoms with van der Waals surface area (Å²) in [6.07, 6.45) is 0. The molecular formula is C21H16N2O5. The van der Waals surface area contributed by atoms with E-state index in [1.54, 1.807) is 31.2 Å².